The topological polar surface area (TPSA) is 98.4 Å². The first kappa shape index (κ1) is 21.4. The van der Waals surface area contributed by atoms with Crippen molar-refractivity contribution in [2.24, 2.45) is 0 Å². The van der Waals surface area contributed by atoms with Crippen LogP contribution in [0.5, 0.6) is 0 Å². The van der Waals surface area contributed by atoms with Gasteiger partial charge in [0.1, 0.15) is 0 Å². The number of hydrogen-bond donors (Lipinski definition) is 1. The molecule has 0 fully saturated rings. The minimum atomic E-state index is -0.627. The number of H-pyrrole nitrogens is 1. The number of nitrogens with one attached hydrogen (secondary N) is 1. The number of rotatable bonds is 7. The van der Waals surface area contributed by atoms with Crippen molar-refractivity contribution in [3.05, 3.63) is 63.4 Å². The third-order valence-electron chi connectivity index (χ3n) is 4.61. The Hall–Kier alpha value is -3.26. The Kier molecular flexibility index (Phi) is 6.47. The maximum absolute atomic E-state index is 12.6. The number of nitrogens with zero attached hydrogens (tertiary/aromatic N) is 1. The highest BCUT2D eigenvalue weighted by molar-refractivity contribution is 7.13. The quantitative estimate of drug-likeness (QED) is 0.447. The van der Waals surface area contributed by atoms with Crippen molar-refractivity contribution >= 4 is 29.1 Å². The van der Waals surface area contributed by atoms with Crippen LogP contribution in [0.4, 0.5) is 0 Å². The molecule has 30 heavy (non-hydrogen) atoms. The lowest BCUT2D eigenvalue weighted by Crippen LogP contribution is -2.16. The summed E-state index contributed by atoms with van der Waals surface area (Å²) >= 11 is 1.56. The summed E-state index contributed by atoms with van der Waals surface area (Å²) < 4.78 is 10.2. The molecule has 156 valence electrons. The second-order valence-electron chi connectivity index (χ2n) is 6.65. The number of aromatic nitrogens is 2. The first-order valence-corrected chi connectivity index (χ1v) is 10.3. The summed E-state index contributed by atoms with van der Waals surface area (Å²) in [5.41, 5.74) is 3.17. The molecule has 3 heterocycles. The van der Waals surface area contributed by atoms with Crippen LogP contribution in [0, 0.1) is 20.8 Å². The summed E-state index contributed by atoms with van der Waals surface area (Å²) in [6.07, 6.45) is 0. The van der Waals surface area contributed by atoms with Crippen molar-refractivity contribution in [3.63, 3.8) is 0 Å². The fraction of sp³-hybridized carbons (Fsp3) is 0.273. The summed E-state index contributed by atoms with van der Waals surface area (Å²) in [5, 5.41) is 1.96. The van der Waals surface area contributed by atoms with E-state index in [1.165, 1.54) is 0 Å². The molecule has 3 aromatic heterocycles. The first-order valence-electron chi connectivity index (χ1n) is 9.41. The van der Waals surface area contributed by atoms with Crippen molar-refractivity contribution in [2.75, 3.05) is 13.2 Å². The smallest absolute Gasteiger partial charge is 0.340 e. The van der Waals surface area contributed by atoms with Gasteiger partial charge in [0.05, 0.1) is 39.7 Å². The lowest BCUT2D eigenvalue weighted by Gasteiger charge is -2.08. The van der Waals surface area contributed by atoms with Crippen molar-refractivity contribution in [2.45, 2.75) is 27.7 Å². The molecule has 7 nitrogen and oxygen atoms in total. The maximum Gasteiger partial charge on any atom is 0.340 e. The van der Waals surface area contributed by atoms with Crippen molar-refractivity contribution in [1.82, 2.24) is 9.97 Å². The fourth-order valence-electron chi connectivity index (χ4n) is 3.16. The number of esters is 2. The number of aromatic amines is 1. The van der Waals surface area contributed by atoms with Crippen LogP contribution < -0.4 is 0 Å². The van der Waals surface area contributed by atoms with Gasteiger partial charge in [-0.15, -0.1) is 11.3 Å². The van der Waals surface area contributed by atoms with E-state index >= 15 is 0 Å². The van der Waals surface area contributed by atoms with Crippen LogP contribution in [0.15, 0.2) is 29.6 Å². The van der Waals surface area contributed by atoms with Crippen LogP contribution in [-0.4, -0.2) is 40.9 Å². The number of carbonyl (C=O) groups is 3. The second-order valence-corrected chi connectivity index (χ2v) is 7.60. The summed E-state index contributed by atoms with van der Waals surface area (Å²) in [7, 11) is 0. The minimum absolute atomic E-state index is 0.228. The fourth-order valence-corrected chi connectivity index (χ4v) is 3.85. The van der Waals surface area contributed by atoms with Crippen molar-refractivity contribution < 1.29 is 23.9 Å². The number of thiophene rings is 1. The van der Waals surface area contributed by atoms with Gasteiger partial charge >= 0.3 is 11.9 Å². The van der Waals surface area contributed by atoms with E-state index in [9.17, 15) is 14.4 Å². The largest absolute Gasteiger partial charge is 0.462 e. The molecule has 0 atom stereocenters. The molecule has 0 aliphatic rings. The molecule has 3 aromatic rings. The lowest BCUT2D eigenvalue weighted by molar-refractivity contribution is 0.0471. The van der Waals surface area contributed by atoms with Gasteiger partial charge < -0.3 is 14.5 Å². The zero-order valence-corrected chi connectivity index (χ0v) is 18.0. The van der Waals surface area contributed by atoms with Gasteiger partial charge in [0, 0.05) is 5.69 Å². The predicted octanol–water partition coefficient (Wildman–Crippen LogP) is 4.28. The molecule has 1 N–H and O–H groups in total. The van der Waals surface area contributed by atoms with Gasteiger partial charge in [-0.1, -0.05) is 6.07 Å². The van der Waals surface area contributed by atoms with E-state index in [0.717, 1.165) is 10.6 Å². The highest BCUT2D eigenvalue weighted by atomic mass is 32.1. The normalized spacial score (nSPS) is 10.7. The van der Waals surface area contributed by atoms with E-state index in [4.69, 9.17) is 9.47 Å². The van der Waals surface area contributed by atoms with Gasteiger partial charge in [0.15, 0.2) is 6.61 Å². The van der Waals surface area contributed by atoms with Gasteiger partial charge in [-0.05, 0) is 56.8 Å². The molecule has 0 amide bonds. The van der Waals surface area contributed by atoms with Crippen LogP contribution in [-0.2, 0) is 9.47 Å². The predicted molar refractivity (Wildman–Crippen MR) is 113 cm³/mol. The average Bonchev–Trinajstić information content (AvgIpc) is 3.34. The molecule has 0 aliphatic heterocycles. The zero-order valence-electron chi connectivity index (χ0n) is 17.2. The van der Waals surface area contributed by atoms with Crippen molar-refractivity contribution in [3.8, 4) is 10.6 Å². The average molecular weight is 426 g/mol. The van der Waals surface area contributed by atoms with Crippen LogP contribution in [0.1, 0.15) is 55.1 Å². The number of aryl methyl sites for hydroxylation is 2. The Morgan fingerprint density at radius 2 is 1.83 bits per heavy atom. The number of hydrogen-bond acceptors (Lipinski definition) is 7. The molecule has 0 radical (unpaired) electrons. The molecule has 8 heteroatoms. The lowest BCUT2D eigenvalue weighted by atomic mass is 10.1. The number of Topliss-reactive ketones (excluding diaryl/α,β-unsaturated/α-hetero) is 1. The Morgan fingerprint density at radius 3 is 2.47 bits per heavy atom. The molecule has 0 saturated carbocycles. The third-order valence-corrected chi connectivity index (χ3v) is 5.50. The third kappa shape index (κ3) is 4.33. The number of carbonyl (C=O) groups excluding carboxylic acids is 3. The Bertz CT molecular complexity index is 1100. The standard InChI is InChI=1S/C22H22N2O5S/c1-5-28-22(27)19-12(2)20(24-14(19)4)17(25)11-29-21(26)15-8-9-16(23-13(15)3)18-7-6-10-30-18/h6-10,24H,5,11H2,1-4H3. The van der Waals surface area contributed by atoms with Crippen LogP contribution in [0.25, 0.3) is 10.6 Å². The SMILES string of the molecule is CCOC(=O)c1c(C)[nH]c(C(=O)COC(=O)c2ccc(-c3cccs3)nc2C)c1C. The summed E-state index contributed by atoms with van der Waals surface area (Å²) in [6, 6.07) is 7.28. The van der Waals surface area contributed by atoms with E-state index in [1.54, 1.807) is 51.2 Å². The van der Waals surface area contributed by atoms with Gasteiger partial charge in [-0.2, -0.15) is 0 Å². The van der Waals surface area contributed by atoms with Crippen LogP contribution >= 0.6 is 11.3 Å². The monoisotopic (exact) mass is 426 g/mol. The van der Waals surface area contributed by atoms with E-state index in [-0.39, 0.29) is 12.3 Å². The minimum Gasteiger partial charge on any atom is -0.462 e. The van der Waals surface area contributed by atoms with Gasteiger partial charge in [-0.25, -0.2) is 9.59 Å². The van der Waals surface area contributed by atoms with E-state index < -0.39 is 24.3 Å². The van der Waals surface area contributed by atoms with Gasteiger partial charge in [0.2, 0.25) is 5.78 Å². The van der Waals surface area contributed by atoms with Gasteiger partial charge in [-0.3, -0.25) is 9.78 Å². The second kappa shape index (κ2) is 9.04. The molecule has 0 aliphatic carbocycles. The summed E-state index contributed by atoms with van der Waals surface area (Å²) in [4.78, 5) is 45.5. The highest BCUT2D eigenvalue weighted by Gasteiger charge is 2.24. The highest BCUT2D eigenvalue weighted by Crippen LogP contribution is 2.24. The molecule has 3 rings (SSSR count). The Labute approximate surface area is 178 Å². The first-order chi connectivity index (χ1) is 14.3. The molecule has 0 unspecified atom stereocenters. The molecule has 0 aromatic carbocycles. The molecular weight excluding hydrogens is 404 g/mol. The van der Waals surface area contributed by atoms with Crippen molar-refractivity contribution in [1.29, 1.82) is 0 Å². The summed E-state index contributed by atoms with van der Waals surface area (Å²) in [6.45, 7) is 6.56. The van der Waals surface area contributed by atoms with Gasteiger partial charge in [0.25, 0.3) is 0 Å². The Morgan fingerprint density at radius 1 is 1.07 bits per heavy atom. The number of pyridine rings is 1. The van der Waals surface area contributed by atoms with E-state index in [2.05, 4.69) is 9.97 Å². The molecule has 0 bridgehead atoms. The molecular formula is C22H22N2O5S. The number of ketones is 1. The zero-order chi connectivity index (χ0) is 21.8. The van der Waals surface area contributed by atoms with E-state index in [0.29, 0.717) is 28.1 Å². The van der Waals surface area contributed by atoms with Crippen LogP contribution in [0.2, 0.25) is 0 Å². The molecule has 0 saturated heterocycles. The van der Waals surface area contributed by atoms with Crippen LogP contribution in [0.3, 0.4) is 0 Å². The molecule has 0 spiro atoms. The Balaban J connectivity index is 1.70. The maximum atomic E-state index is 12.6. The number of ether oxygens (including phenoxy) is 2. The summed E-state index contributed by atoms with van der Waals surface area (Å²) in [5.74, 6) is -1.55. The van der Waals surface area contributed by atoms with E-state index in [1.807, 2.05) is 17.5 Å².